The zero-order valence-electron chi connectivity index (χ0n) is 31.7. The van der Waals surface area contributed by atoms with E-state index in [4.69, 9.17) is 8.85 Å². The summed E-state index contributed by atoms with van der Waals surface area (Å²) < 4.78 is 42.8. The van der Waals surface area contributed by atoms with Crippen LogP contribution in [0.4, 0.5) is 0 Å². The van der Waals surface area contributed by atoms with Gasteiger partial charge >= 0.3 is 0 Å². The summed E-state index contributed by atoms with van der Waals surface area (Å²) in [6.45, 7) is 13.4. The van der Waals surface area contributed by atoms with Gasteiger partial charge in [-0.25, -0.2) is 8.42 Å². The molecule has 0 aliphatic carbocycles. The highest BCUT2D eigenvalue weighted by Crippen LogP contribution is 2.40. The summed E-state index contributed by atoms with van der Waals surface area (Å²) in [4.78, 5) is -0.273. The Morgan fingerprint density at radius 3 is 1.28 bits per heavy atom. The molecule has 0 radical (unpaired) electrons. The first-order chi connectivity index (χ1) is 25.1. The number of rotatable bonds is 15. The maximum atomic E-state index is 14.1. The first-order valence-corrected chi connectivity index (χ1v) is 24.6. The van der Waals surface area contributed by atoms with E-state index in [1.165, 1.54) is 0 Å². The third-order valence-corrected chi connectivity index (χ3v) is 22.8. The number of alkyl halides is 1. The Morgan fingerprint density at radius 1 is 0.585 bits per heavy atom. The van der Waals surface area contributed by atoms with Gasteiger partial charge in [0.05, 0.1) is 27.7 Å². The molecule has 0 saturated carbocycles. The Labute approximate surface area is 327 Å². The monoisotopic (exact) mass is 828 g/mol. The van der Waals surface area contributed by atoms with Crippen LogP contribution in [-0.2, 0) is 18.7 Å². The fraction of sp³-hybridized carbons (Fsp3) is 0.318. The number of aliphatic hydroxyl groups is 1. The standard InChI is InChI=1S/C44H53BrO5SSi2/c1-43(2,3)52(37-24-14-8-15-25-37,38-26-16-9-17-27-38)49-33-41(45)42(46)32-35(34-51(47,48)36-22-12-7-13-23-36)50-53(44(4,5)6,39-28-18-10-19-29-39)40-30-20-11-21-31-40/h7-31,35,41-42,46H,32-34H2,1-6H3/t35-,41-,42+/m0/s1. The summed E-state index contributed by atoms with van der Waals surface area (Å²) >= 11 is 3.82. The molecule has 0 saturated heterocycles. The van der Waals surface area contributed by atoms with Gasteiger partial charge in [0.25, 0.3) is 16.6 Å². The number of hydrogen-bond acceptors (Lipinski definition) is 5. The molecule has 5 aromatic rings. The maximum Gasteiger partial charge on any atom is 0.261 e. The normalized spacial score (nSPS) is 14.7. The summed E-state index contributed by atoms with van der Waals surface area (Å²) in [5, 5.41) is 15.8. The molecule has 0 spiro atoms. The Kier molecular flexibility index (Phi) is 13.2. The van der Waals surface area contributed by atoms with E-state index in [0.29, 0.717) is 0 Å². The van der Waals surface area contributed by atoms with E-state index in [1.54, 1.807) is 30.3 Å². The number of halogens is 1. The van der Waals surface area contributed by atoms with Crippen molar-refractivity contribution in [3.05, 3.63) is 152 Å². The second-order valence-corrected chi connectivity index (χ2v) is 27.6. The molecule has 0 aromatic heterocycles. The lowest BCUT2D eigenvalue weighted by molar-refractivity contribution is 0.0870. The second-order valence-electron chi connectivity index (χ2n) is 15.8. The Hall–Kier alpha value is -3.16. The van der Waals surface area contributed by atoms with Crippen molar-refractivity contribution in [2.75, 3.05) is 12.4 Å². The fourth-order valence-corrected chi connectivity index (χ4v) is 19.0. The molecule has 5 aromatic carbocycles. The van der Waals surface area contributed by atoms with Crippen molar-refractivity contribution >= 4 is 63.1 Å². The fourth-order valence-electron chi connectivity index (χ4n) is 7.55. The smallest absolute Gasteiger partial charge is 0.261 e. The van der Waals surface area contributed by atoms with Crippen LogP contribution in [0.3, 0.4) is 0 Å². The molecule has 0 amide bonds. The van der Waals surface area contributed by atoms with Crippen molar-refractivity contribution in [1.82, 2.24) is 0 Å². The van der Waals surface area contributed by atoms with Crippen LogP contribution in [0.1, 0.15) is 48.0 Å². The van der Waals surface area contributed by atoms with Gasteiger partial charge in [0, 0.05) is 13.0 Å². The summed E-state index contributed by atoms with van der Waals surface area (Å²) in [5.74, 6) is -0.284. The predicted octanol–water partition coefficient (Wildman–Crippen LogP) is 7.50. The zero-order chi connectivity index (χ0) is 38.3. The van der Waals surface area contributed by atoms with E-state index in [1.807, 2.05) is 48.5 Å². The molecule has 0 aliphatic heterocycles. The van der Waals surface area contributed by atoms with Gasteiger partial charge in [-0.2, -0.15) is 0 Å². The van der Waals surface area contributed by atoms with E-state index >= 15 is 0 Å². The maximum absolute atomic E-state index is 14.1. The summed E-state index contributed by atoms with van der Waals surface area (Å²) in [6.07, 6.45) is -1.74. The summed E-state index contributed by atoms with van der Waals surface area (Å²) in [5.41, 5.74) is 0. The average Bonchev–Trinajstić information content (AvgIpc) is 3.14. The Bertz CT molecular complexity index is 1890. The topological polar surface area (TPSA) is 72.8 Å². The first kappa shape index (κ1) is 41.0. The van der Waals surface area contributed by atoms with E-state index in [9.17, 15) is 13.5 Å². The van der Waals surface area contributed by atoms with E-state index in [-0.39, 0.29) is 28.7 Å². The lowest BCUT2D eigenvalue weighted by Crippen LogP contribution is -2.68. The number of aliphatic hydroxyl groups excluding tert-OH is 1. The van der Waals surface area contributed by atoms with Gasteiger partial charge in [-0.1, -0.05) is 197 Å². The molecule has 0 heterocycles. The molecule has 9 heteroatoms. The van der Waals surface area contributed by atoms with Crippen molar-refractivity contribution < 1.29 is 22.4 Å². The van der Waals surface area contributed by atoms with Crippen molar-refractivity contribution in [3.8, 4) is 0 Å². The molecule has 0 aliphatic rings. The molecule has 3 atom stereocenters. The molecule has 1 N–H and O–H groups in total. The van der Waals surface area contributed by atoms with Gasteiger partial charge in [0.2, 0.25) is 0 Å². The van der Waals surface area contributed by atoms with Crippen LogP contribution < -0.4 is 20.7 Å². The van der Waals surface area contributed by atoms with Crippen LogP contribution in [0.25, 0.3) is 0 Å². The third-order valence-electron chi connectivity index (χ3n) is 10.1. The van der Waals surface area contributed by atoms with Crippen LogP contribution in [0, 0.1) is 0 Å². The minimum atomic E-state index is -3.79. The Morgan fingerprint density at radius 2 is 0.925 bits per heavy atom. The highest BCUT2D eigenvalue weighted by atomic mass is 79.9. The minimum absolute atomic E-state index is 0.0799. The van der Waals surface area contributed by atoms with E-state index in [2.05, 4.69) is 130 Å². The molecule has 53 heavy (non-hydrogen) atoms. The van der Waals surface area contributed by atoms with Gasteiger partial charge in [-0.05, 0) is 43.0 Å². The number of hydrogen-bond donors (Lipinski definition) is 1. The quantitative estimate of drug-likeness (QED) is 0.0875. The van der Waals surface area contributed by atoms with Crippen LogP contribution >= 0.6 is 15.9 Å². The minimum Gasteiger partial charge on any atom is -0.406 e. The van der Waals surface area contributed by atoms with Crippen LogP contribution in [0.2, 0.25) is 10.1 Å². The van der Waals surface area contributed by atoms with Gasteiger partial charge in [-0.15, -0.1) is 0 Å². The van der Waals surface area contributed by atoms with Crippen molar-refractivity contribution in [2.45, 2.75) is 80.0 Å². The lowest BCUT2D eigenvalue weighted by Gasteiger charge is -2.45. The molecule has 0 unspecified atom stereocenters. The molecular formula is C44H53BrO5SSi2. The summed E-state index contributed by atoms with van der Waals surface area (Å²) in [7, 11) is -9.88. The van der Waals surface area contributed by atoms with Gasteiger partial charge in [0.15, 0.2) is 9.84 Å². The largest absolute Gasteiger partial charge is 0.406 e. The SMILES string of the molecule is CC(C)(C)[Si](OC[C@H](Br)[C@H](O)C[C@@H](CS(=O)(=O)c1ccccc1)O[Si](c1ccccc1)(c1ccccc1)C(C)(C)C)(c1ccccc1)c1ccccc1. The average molecular weight is 830 g/mol. The van der Waals surface area contributed by atoms with Crippen molar-refractivity contribution in [3.63, 3.8) is 0 Å². The molecule has 280 valence electrons. The Balaban J connectivity index is 1.54. The van der Waals surface area contributed by atoms with Crippen molar-refractivity contribution in [1.29, 1.82) is 0 Å². The zero-order valence-corrected chi connectivity index (χ0v) is 36.1. The van der Waals surface area contributed by atoms with Gasteiger partial charge < -0.3 is 14.0 Å². The predicted molar refractivity (Wildman–Crippen MR) is 228 cm³/mol. The van der Waals surface area contributed by atoms with Crippen LogP contribution in [0.15, 0.2) is 157 Å². The summed E-state index contributed by atoms with van der Waals surface area (Å²) in [6, 6.07) is 49.7. The third kappa shape index (κ3) is 9.05. The first-order valence-electron chi connectivity index (χ1n) is 18.3. The van der Waals surface area contributed by atoms with E-state index < -0.39 is 48.5 Å². The van der Waals surface area contributed by atoms with Crippen LogP contribution in [0.5, 0.6) is 0 Å². The molecule has 5 nitrogen and oxygen atoms in total. The van der Waals surface area contributed by atoms with Crippen molar-refractivity contribution in [2.24, 2.45) is 0 Å². The van der Waals surface area contributed by atoms with Gasteiger partial charge in [0.1, 0.15) is 0 Å². The van der Waals surface area contributed by atoms with E-state index in [0.717, 1.165) is 20.7 Å². The lowest BCUT2D eigenvalue weighted by atomic mass is 10.1. The number of benzene rings is 5. The number of sulfone groups is 1. The van der Waals surface area contributed by atoms with Crippen LogP contribution in [-0.4, -0.2) is 59.6 Å². The highest BCUT2D eigenvalue weighted by Gasteiger charge is 2.53. The molecule has 0 bridgehead atoms. The molecular weight excluding hydrogens is 777 g/mol. The second kappa shape index (κ2) is 17.1. The molecule has 0 fully saturated rings. The highest BCUT2D eigenvalue weighted by molar-refractivity contribution is 9.09. The molecule has 5 rings (SSSR count). The van der Waals surface area contributed by atoms with Gasteiger partial charge in [-0.3, -0.25) is 0 Å².